The van der Waals surface area contributed by atoms with Gasteiger partial charge in [-0.2, -0.15) is 5.10 Å². The van der Waals surface area contributed by atoms with Crippen LogP contribution in [0.5, 0.6) is 0 Å². The van der Waals surface area contributed by atoms with Crippen molar-refractivity contribution in [2.24, 2.45) is 0 Å². The first-order valence-corrected chi connectivity index (χ1v) is 6.21. The summed E-state index contributed by atoms with van der Waals surface area (Å²) in [6.07, 6.45) is 4.04. The summed E-state index contributed by atoms with van der Waals surface area (Å²) in [6.45, 7) is 2.69. The van der Waals surface area contributed by atoms with Crippen molar-refractivity contribution in [1.82, 2.24) is 15.1 Å². The van der Waals surface area contributed by atoms with Crippen LogP contribution >= 0.6 is 0 Å². The van der Waals surface area contributed by atoms with Crippen LogP contribution in [-0.4, -0.2) is 46.2 Å². The van der Waals surface area contributed by atoms with Crippen molar-refractivity contribution in [3.05, 3.63) is 18.0 Å². The first-order chi connectivity index (χ1) is 8.74. The van der Waals surface area contributed by atoms with Crippen molar-refractivity contribution in [3.8, 4) is 0 Å². The standard InChI is InChI=1S/C12H17N3O3/c1-2-18-12(17)10-5-3-4-8-15(10)11(16)9-6-7-13-14-9/h6-7,10H,2-5,8H2,1H3,(H,13,14). The number of rotatable bonds is 3. The molecule has 0 radical (unpaired) electrons. The van der Waals surface area contributed by atoms with E-state index in [0.717, 1.165) is 12.8 Å². The Bertz CT molecular complexity index is 416. The fourth-order valence-electron chi connectivity index (χ4n) is 2.19. The van der Waals surface area contributed by atoms with Gasteiger partial charge in [-0.3, -0.25) is 9.89 Å². The number of hydrogen-bond acceptors (Lipinski definition) is 4. The van der Waals surface area contributed by atoms with Gasteiger partial charge in [0.15, 0.2) is 0 Å². The largest absolute Gasteiger partial charge is 0.464 e. The molecule has 98 valence electrons. The highest BCUT2D eigenvalue weighted by atomic mass is 16.5. The van der Waals surface area contributed by atoms with Gasteiger partial charge in [0.1, 0.15) is 11.7 Å². The van der Waals surface area contributed by atoms with Crippen LogP contribution in [0.25, 0.3) is 0 Å². The van der Waals surface area contributed by atoms with Crippen molar-refractivity contribution < 1.29 is 14.3 Å². The number of likely N-dealkylation sites (tertiary alicyclic amines) is 1. The fourth-order valence-corrected chi connectivity index (χ4v) is 2.19. The summed E-state index contributed by atoms with van der Waals surface area (Å²) in [4.78, 5) is 25.6. The SMILES string of the molecule is CCOC(=O)C1CCCCN1C(=O)c1ccn[nH]1. The average Bonchev–Trinajstić information content (AvgIpc) is 2.92. The molecule has 0 spiro atoms. The van der Waals surface area contributed by atoms with Gasteiger partial charge in [-0.15, -0.1) is 0 Å². The molecule has 1 aromatic heterocycles. The Kier molecular flexibility index (Phi) is 3.96. The first kappa shape index (κ1) is 12.6. The highest BCUT2D eigenvalue weighted by Gasteiger charge is 2.33. The second-order valence-corrected chi connectivity index (χ2v) is 4.23. The smallest absolute Gasteiger partial charge is 0.328 e. The van der Waals surface area contributed by atoms with Crippen LogP contribution in [0.15, 0.2) is 12.3 Å². The molecule has 1 aliphatic rings. The Balaban J connectivity index is 2.12. The lowest BCUT2D eigenvalue weighted by atomic mass is 10.0. The lowest BCUT2D eigenvalue weighted by Crippen LogP contribution is -2.48. The van der Waals surface area contributed by atoms with E-state index in [1.807, 2.05) is 0 Å². The number of aromatic nitrogens is 2. The maximum atomic E-state index is 12.2. The molecule has 1 aliphatic heterocycles. The molecule has 1 N–H and O–H groups in total. The van der Waals surface area contributed by atoms with E-state index in [-0.39, 0.29) is 11.9 Å². The van der Waals surface area contributed by atoms with E-state index >= 15 is 0 Å². The van der Waals surface area contributed by atoms with E-state index in [9.17, 15) is 9.59 Å². The number of amides is 1. The van der Waals surface area contributed by atoms with Gasteiger partial charge in [0.05, 0.1) is 6.61 Å². The molecule has 0 aliphatic carbocycles. The molecule has 0 bridgehead atoms. The lowest BCUT2D eigenvalue weighted by molar-refractivity contribution is -0.149. The van der Waals surface area contributed by atoms with Crippen LogP contribution in [0.1, 0.15) is 36.7 Å². The number of ether oxygens (including phenoxy) is 1. The molecule has 1 unspecified atom stereocenters. The molecule has 1 amide bonds. The number of nitrogens with zero attached hydrogens (tertiary/aromatic N) is 2. The third kappa shape index (κ3) is 2.52. The number of H-pyrrole nitrogens is 1. The van der Waals surface area contributed by atoms with Crippen LogP contribution in [0.2, 0.25) is 0 Å². The third-order valence-corrected chi connectivity index (χ3v) is 3.05. The zero-order valence-corrected chi connectivity index (χ0v) is 10.4. The molecular weight excluding hydrogens is 234 g/mol. The summed E-state index contributed by atoms with van der Waals surface area (Å²) in [6, 6.07) is 1.15. The Morgan fingerprint density at radius 1 is 1.56 bits per heavy atom. The first-order valence-electron chi connectivity index (χ1n) is 6.21. The van der Waals surface area contributed by atoms with Gasteiger partial charge in [0.25, 0.3) is 5.91 Å². The molecule has 1 atom stereocenters. The summed E-state index contributed by atoms with van der Waals surface area (Å²) in [5.41, 5.74) is 0.409. The second-order valence-electron chi connectivity index (χ2n) is 4.23. The Hall–Kier alpha value is -1.85. The molecule has 2 heterocycles. The highest BCUT2D eigenvalue weighted by Crippen LogP contribution is 2.20. The van der Waals surface area contributed by atoms with E-state index in [0.29, 0.717) is 25.3 Å². The van der Waals surface area contributed by atoms with E-state index in [2.05, 4.69) is 10.2 Å². The van der Waals surface area contributed by atoms with Gasteiger partial charge >= 0.3 is 5.97 Å². The minimum atomic E-state index is -0.463. The number of aromatic amines is 1. The molecule has 6 nitrogen and oxygen atoms in total. The lowest BCUT2D eigenvalue weighted by Gasteiger charge is -2.33. The summed E-state index contributed by atoms with van der Waals surface area (Å²) in [7, 11) is 0. The second kappa shape index (κ2) is 5.66. The average molecular weight is 251 g/mol. The molecule has 18 heavy (non-hydrogen) atoms. The van der Waals surface area contributed by atoms with E-state index < -0.39 is 6.04 Å². The third-order valence-electron chi connectivity index (χ3n) is 3.05. The van der Waals surface area contributed by atoms with E-state index in [1.165, 1.54) is 6.20 Å². The summed E-state index contributed by atoms with van der Waals surface area (Å²) in [5.74, 6) is -0.504. The zero-order chi connectivity index (χ0) is 13.0. The van der Waals surface area contributed by atoms with Gasteiger partial charge in [-0.25, -0.2) is 4.79 Å². The number of hydrogen-bond donors (Lipinski definition) is 1. The maximum absolute atomic E-state index is 12.2. The van der Waals surface area contributed by atoms with Crippen molar-refractivity contribution in [2.75, 3.05) is 13.2 Å². The Morgan fingerprint density at radius 3 is 3.06 bits per heavy atom. The van der Waals surface area contributed by atoms with Gasteiger partial charge in [-0.1, -0.05) is 0 Å². The molecular formula is C12H17N3O3. The minimum Gasteiger partial charge on any atom is -0.464 e. The summed E-state index contributed by atoms with van der Waals surface area (Å²) < 4.78 is 5.02. The number of carbonyl (C=O) groups is 2. The fraction of sp³-hybridized carbons (Fsp3) is 0.583. The number of piperidine rings is 1. The van der Waals surface area contributed by atoms with Crippen LogP contribution in [0.3, 0.4) is 0 Å². The van der Waals surface area contributed by atoms with Gasteiger partial charge in [0.2, 0.25) is 0 Å². The normalized spacial score (nSPS) is 19.6. The van der Waals surface area contributed by atoms with Crippen LogP contribution in [-0.2, 0) is 9.53 Å². The number of nitrogens with one attached hydrogen (secondary N) is 1. The van der Waals surface area contributed by atoms with Gasteiger partial charge in [0, 0.05) is 12.7 Å². The Labute approximate surface area is 105 Å². The number of carbonyl (C=O) groups excluding carboxylic acids is 2. The quantitative estimate of drug-likeness (QED) is 0.812. The van der Waals surface area contributed by atoms with Crippen molar-refractivity contribution in [1.29, 1.82) is 0 Å². The Morgan fingerprint density at radius 2 is 2.39 bits per heavy atom. The highest BCUT2D eigenvalue weighted by molar-refractivity contribution is 5.95. The van der Waals surface area contributed by atoms with Crippen LogP contribution in [0.4, 0.5) is 0 Å². The van der Waals surface area contributed by atoms with Crippen LogP contribution in [0, 0.1) is 0 Å². The van der Waals surface area contributed by atoms with E-state index in [1.54, 1.807) is 17.9 Å². The van der Waals surface area contributed by atoms with Crippen molar-refractivity contribution >= 4 is 11.9 Å². The van der Waals surface area contributed by atoms with E-state index in [4.69, 9.17) is 4.74 Å². The molecule has 0 saturated carbocycles. The monoisotopic (exact) mass is 251 g/mol. The minimum absolute atomic E-state index is 0.190. The molecule has 1 fully saturated rings. The predicted octanol–water partition coefficient (Wildman–Crippen LogP) is 0.967. The summed E-state index contributed by atoms with van der Waals surface area (Å²) in [5, 5.41) is 6.39. The molecule has 6 heteroatoms. The van der Waals surface area contributed by atoms with Crippen LogP contribution < -0.4 is 0 Å². The predicted molar refractivity (Wildman–Crippen MR) is 63.9 cm³/mol. The molecule has 2 rings (SSSR count). The number of esters is 1. The zero-order valence-electron chi connectivity index (χ0n) is 10.4. The molecule has 1 aromatic rings. The van der Waals surface area contributed by atoms with Crippen molar-refractivity contribution in [2.45, 2.75) is 32.2 Å². The topological polar surface area (TPSA) is 75.3 Å². The molecule has 0 aromatic carbocycles. The molecule has 1 saturated heterocycles. The van der Waals surface area contributed by atoms with Gasteiger partial charge in [-0.05, 0) is 32.3 Å². The van der Waals surface area contributed by atoms with Gasteiger partial charge < -0.3 is 9.64 Å². The maximum Gasteiger partial charge on any atom is 0.328 e. The van der Waals surface area contributed by atoms with Crippen molar-refractivity contribution in [3.63, 3.8) is 0 Å². The summed E-state index contributed by atoms with van der Waals surface area (Å²) >= 11 is 0.